The molecular weight excluding hydrogens is 136 g/mol. The van der Waals surface area contributed by atoms with E-state index >= 15 is 0 Å². The van der Waals surface area contributed by atoms with Crippen LogP contribution in [-0.4, -0.2) is 16.6 Å². The Hall–Kier alpha value is 0.440. The highest BCUT2D eigenvalue weighted by Gasteiger charge is 1.94. The van der Waals surface area contributed by atoms with Crippen molar-refractivity contribution < 1.29 is 0 Å². The Kier molecular flexibility index (Phi) is 5.88. The summed E-state index contributed by atoms with van der Waals surface area (Å²) in [5.41, 5.74) is 0. The first-order chi connectivity index (χ1) is 3.81. The van der Waals surface area contributed by atoms with Crippen LogP contribution in [0.4, 0.5) is 0 Å². The Morgan fingerprint density at radius 2 is 2.38 bits per heavy atom. The van der Waals surface area contributed by atoms with Crippen molar-refractivity contribution in [2.45, 2.75) is 11.5 Å². The Morgan fingerprint density at radius 1 is 1.75 bits per heavy atom. The lowest BCUT2D eigenvalue weighted by Crippen LogP contribution is -1.86. The minimum atomic E-state index is 0.716. The van der Waals surface area contributed by atoms with Crippen molar-refractivity contribution in [3.63, 3.8) is 0 Å². The maximum Gasteiger partial charge on any atom is 0.0474 e. The summed E-state index contributed by atoms with van der Waals surface area (Å²) in [6.45, 7) is 5.84. The van der Waals surface area contributed by atoms with Crippen molar-refractivity contribution in [3.05, 3.63) is 12.7 Å². The number of rotatable bonds is 4. The highest BCUT2D eigenvalue weighted by molar-refractivity contribution is 8.16. The number of hydrogen-bond acceptors (Lipinski definition) is 2. The number of thioether (sulfide) groups is 2. The summed E-state index contributed by atoms with van der Waals surface area (Å²) in [6, 6.07) is 0. The molecule has 0 heterocycles. The Balaban J connectivity index is 2.97. The smallest absolute Gasteiger partial charge is 0.0474 e. The molecule has 0 N–H and O–H groups in total. The Morgan fingerprint density at radius 3 is 2.75 bits per heavy atom. The molecule has 0 aliphatic carbocycles. The predicted octanol–water partition coefficient (Wildman–Crippen LogP) is 2.61. The van der Waals surface area contributed by atoms with E-state index in [1.165, 1.54) is 0 Å². The van der Waals surface area contributed by atoms with Gasteiger partial charge in [-0.15, -0.1) is 18.3 Å². The molecule has 0 saturated carbocycles. The Labute approximate surface area is 60.1 Å². The first kappa shape index (κ1) is 8.44. The van der Waals surface area contributed by atoms with Crippen molar-refractivity contribution in [2.75, 3.05) is 12.0 Å². The fourth-order valence-electron chi connectivity index (χ4n) is 0.272. The van der Waals surface area contributed by atoms with Crippen molar-refractivity contribution in [1.82, 2.24) is 0 Å². The first-order valence-electron chi connectivity index (χ1n) is 2.56. The van der Waals surface area contributed by atoms with Crippen molar-refractivity contribution >= 4 is 23.5 Å². The largest absolute Gasteiger partial charge is 0.151 e. The minimum Gasteiger partial charge on any atom is -0.151 e. The van der Waals surface area contributed by atoms with Crippen LogP contribution in [0.15, 0.2) is 12.7 Å². The molecule has 0 aliphatic rings. The van der Waals surface area contributed by atoms with Gasteiger partial charge in [0, 0.05) is 10.3 Å². The van der Waals surface area contributed by atoms with Crippen LogP contribution >= 0.6 is 23.5 Å². The van der Waals surface area contributed by atoms with E-state index in [4.69, 9.17) is 0 Å². The summed E-state index contributed by atoms with van der Waals surface area (Å²) in [5, 5.41) is 0. The minimum absolute atomic E-state index is 0.716. The molecule has 8 heavy (non-hydrogen) atoms. The average molecular weight is 148 g/mol. The van der Waals surface area contributed by atoms with Gasteiger partial charge < -0.3 is 0 Å². The molecular formula is C6H12S2. The molecule has 48 valence electrons. The van der Waals surface area contributed by atoms with Crippen LogP contribution in [0.2, 0.25) is 0 Å². The maximum atomic E-state index is 3.64. The third-order valence-electron chi connectivity index (χ3n) is 0.781. The SMILES string of the molecule is C=CCSC(C)SC. The van der Waals surface area contributed by atoms with Crippen LogP contribution in [0.3, 0.4) is 0 Å². The second-order valence-corrected chi connectivity index (χ2v) is 4.28. The van der Waals surface area contributed by atoms with Gasteiger partial charge in [0.15, 0.2) is 0 Å². The van der Waals surface area contributed by atoms with E-state index < -0.39 is 0 Å². The van der Waals surface area contributed by atoms with Gasteiger partial charge in [0.1, 0.15) is 0 Å². The zero-order valence-electron chi connectivity index (χ0n) is 5.39. The summed E-state index contributed by atoms with van der Waals surface area (Å²) in [7, 11) is 0. The van der Waals surface area contributed by atoms with Crippen LogP contribution in [0, 0.1) is 0 Å². The summed E-state index contributed by atoms with van der Waals surface area (Å²) >= 11 is 3.80. The third-order valence-corrected chi connectivity index (χ3v) is 3.33. The van der Waals surface area contributed by atoms with Gasteiger partial charge in [0.25, 0.3) is 0 Å². The molecule has 0 aromatic heterocycles. The molecule has 1 unspecified atom stereocenters. The lowest BCUT2D eigenvalue weighted by molar-refractivity contribution is 1.42. The van der Waals surface area contributed by atoms with Gasteiger partial charge in [-0.25, -0.2) is 0 Å². The standard InChI is InChI=1S/C6H12S2/c1-4-5-8-6(2)7-3/h4,6H,1,5H2,2-3H3. The highest BCUT2D eigenvalue weighted by Crippen LogP contribution is 2.19. The van der Waals surface area contributed by atoms with Gasteiger partial charge in [-0.1, -0.05) is 6.08 Å². The van der Waals surface area contributed by atoms with Crippen molar-refractivity contribution in [2.24, 2.45) is 0 Å². The molecule has 0 aromatic carbocycles. The molecule has 0 saturated heterocycles. The van der Waals surface area contributed by atoms with Gasteiger partial charge in [-0.05, 0) is 13.2 Å². The quantitative estimate of drug-likeness (QED) is 0.444. The molecule has 0 bridgehead atoms. The topological polar surface area (TPSA) is 0 Å². The predicted molar refractivity (Wildman–Crippen MR) is 45.6 cm³/mol. The zero-order chi connectivity index (χ0) is 6.41. The van der Waals surface area contributed by atoms with E-state index in [2.05, 4.69) is 19.8 Å². The summed E-state index contributed by atoms with van der Waals surface area (Å²) < 4.78 is 0.716. The first-order valence-corrected chi connectivity index (χ1v) is 4.90. The zero-order valence-corrected chi connectivity index (χ0v) is 7.02. The highest BCUT2D eigenvalue weighted by atomic mass is 32.2. The van der Waals surface area contributed by atoms with E-state index in [-0.39, 0.29) is 0 Å². The van der Waals surface area contributed by atoms with Crippen LogP contribution in [-0.2, 0) is 0 Å². The fraction of sp³-hybridized carbons (Fsp3) is 0.667. The normalized spacial score (nSPS) is 13.2. The molecule has 0 aliphatic heterocycles. The van der Waals surface area contributed by atoms with Crippen molar-refractivity contribution in [1.29, 1.82) is 0 Å². The van der Waals surface area contributed by atoms with Gasteiger partial charge in [-0.2, -0.15) is 11.8 Å². The van der Waals surface area contributed by atoms with Crippen molar-refractivity contribution in [3.8, 4) is 0 Å². The summed E-state index contributed by atoms with van der Waals surface area (Å²) in [5.74, 6) is 1.07. The molecule has 0 amide bonds. The molecule has 0 aromatic rings. The monoisotopic (exact) mass is 148 g/mol. The van der Waals surface area contributed by atoms with E-state index in [1.54, 1.807) is 0 Å². The molecule has 2 heteroatoms. The third kappa shape index (κ3) is 4.60. The summed E-state index contributed by atoms with van der Waals surface area (Å²) in [6.07, 6.45) is 4.07. The molecule has 0 nitrogen and oxygen atoms in total. The molecule has 0 fully saturated rings. The fourth-order valence-corrected chi connectivity index (χ4v) is 1.46. The van der Waals surface area contributed by atoms with Gasteiger partial charge in [0.2, 0.25) is 0 Å². The van der Waals surface area contributed by atoms with Crippen LogP contribution in [0.1, 0.15) is 6.92 Å². The van der Waals surface area contributed by atoms with E-state index in [1.807, 2.05) is 29.6 Å². The lowest BCUT2D eigenvalue weighted by Gasteiger charge is -2.02. The van der Waals surface area contributed by atoms with E-state index in [0.29, 0.717) is 4.58 Å². The molecule has 0 spiro atoms. The average Bonchev–Trinajstić information content (AvgIpc) is 1.83. The van der Waals surface area contributed by atoms with Gasteiger partial charge in [0.05, 0.1) is 0 Å². The Bertz CT molecular complexity index is 61.5. The number of hydrogen-bond donors (Lipinski definition) is 0. The summed E-state index contributed by atoms with van der Waals surface area (Å²) in [4.78, 5) is 0. The molecule has 0 rings (SSSR count). The van der Waals surface area contributed by atoms with Gasteiger partial charge >= 0.3 is 0 Å². The van der Waals surface area contributed by atoms with Crippen LogP contribution < -0.4 is 0 Å². The molecule has 0 radical (unpaired) electrons. The maximum absolute atomic E-state index is 3.64. The van der Waals surface area contributed by atoms with Crippen LogP contribution in [0.5, 0.6) is 0 Å². The molecule has 1 atom stereocenters. The lowest BCUT2D eigenvalue weighted by atomic mass is 10.8. The van der Waals surface area contributed by atoms with E-state index in [0.717, 1.165) is 5.75 Å². The van der Waals surface area contributed by atoms with Crippen LogP contribution in [0.25, 0.3) is 0 Å². The second kappa shape index (κ2) is 5.57. The van der Waals surface area contributed by atoms with E-state index in [9.17, 15) is 0 Å². The van der Waals surface area contributed by atoms with Gasteiger partial charge in [-0.3, -0.25) is 0 Å². The second-order valence-electron chi connectivity index (χ2n) is 1.43.